The van der Waals surface area contributed by atoms with Gasteiger partial charge in [-0.2, -0.15) is 4.31 Å². The number of carbonyl (C=O) groups is 1. The lowest BCUT2D eigenvalue weighted by Crippen LogP contribution is -2.45. The monoisotopic (exact) mass is 383 g/mol. The Morgan fingerprint density at radius 2 is 2.00 bits per heavy atom. The Morgan fingerprint density at radius 1 is 1.45 bits per heavy atom. The average molecular weight is 384 g/mol. The normalized spacial score (nSPS) is 19.9. The molecule has 0 amide bonds. The minimum atomic E-state index is -3.73. The minimum Gasteiger partial charge on any atom is -0.477 e. The largest absolute Gasteiger partial charge is 0.477 e. The third kappa shape index (κ3) is 3.06. The Bertz CT molecular complexity index is 627. The number of halogens is 1. The first-order valence-corrected chi connectivity index (χ1v) is 8.94. The second-order valence-corrected chi connectivity index (χ2v) is 9.23. The summed E-state index contributed by atoms with van der Waals surface area (Å²) in [5, 5.41) is 18.8. The van der Waals surface area contributed by atoms with Crippen molar-refractivity contribution < 1.29 is 23.4 Å². The van der Waals surface area contributed by atoms with Gasteiger partial charge in [0, 0.05) is 13.1 Å². The number of carboxylic acid groups (broad SMARTS) is 1. The number of piperidine rings is 1. The number of rotatable bonds is 3. The zero-order valence-corrected chi connectivity index (χ0v) is 13.9. The molecule has 0 radical (unpaired) electrons. The summed E-state index contributed by atoms with van der Waals surface area (Å²) in [5.74, 6) is -1.15. The van der Waals surface area contributed by atoms with Crippen molar-refractivity contribution >= 4 is 43.3 Å². The highest BCUT2D eigenvalue weighted by atomic mass is 79.9. The van der Waals surface area contributed by atoms with Crippen molar-refractivity contribution in [3.8, 4) is 0 Å². The van der Waals surface area contributed by atoms with Crippen LogP contribution < -0.4 is 0 Å². The predicted molar refractivity (Wildman–Crippen MR) is 77.6 cm³/mol. The summed E-state index contributed by atoms with van der Waals surface area (Å²) >= 11 is 3.99. The van der Waals surface area contributed by atoms with Gasteiger partial charge in [0.25, 0.3) is 0 Å². The van der Waals surface area contributed by atoms with E-state index in [-0.39, 0.29) is 26.6 Å². The number of sulfonamides is 1. The third-order valence-corrected chi connectivity index (χ3v) is 7.42. The molecule has 2 heterocycles. The lowest BCUT2D eigenvalue weighted by molar-refractivity contribution is 0.0126. The number of aromatic carboxylic acids is 1. The van der Waals surface area contributed by atoms with Gasteiger partial charge in [0.1, 0.15) is 9.77 Å². The average Bonchev–Trinajstić information content (AvgIpc) is 2.71. The molecule has 112 valence electrons. The summed E-state index contributed by atoms with van der Waals surface area (Å²) in [7, 11) is -3.73. The number of hydrogen-bond donors (Lipinski definition) is 2. The Labute approximate surface area is 129 Å². The molecule has 0 spiro atoms. The van der Waals surface area contributed by atoms with Gasteiger partial charge in [0.05, 0.1) is 9.39 Å². The zero-order valence-electron chi connectivity index (χ0n) is 10.7. The van der Waals surface area contributed by atoms with Gasteiger partial charge in [0.2, 0.25) is 10.0 Å². The van der Waals surface area contributed by atoms with E-state index >= 15 is 0 Å². The molecule has 20 heavy (non-hydrogen) atoms. The molecule has 0 bridgehead atoms. The number of carboxylic acids is 1. The molecule has 1 aliphatic rings. The molecule has 9 heteroatoms. The first-order valence-electron chi connectivity index (χ1n) is 5.89. The molecular weight excluding hydrogens is 370 g/mol. The molecule has 2 N–H and O–H groups in total. The zero-order chi connectivity index (χ0) is 15.1. The topological polar surface area (TPSA) is 94.9 Å². The van der Waals surface area contributed by atoms with E-state index in [4.69, 9.17) is 5.11 Å². The van der Waals surface area contributed by atoms with E-state index in [1.165, 1.54) is 10.4 Å². The van der Waals surface area contributed by atoms with Crippen molar-refractivity contribution in [2.45, 2.75) is 30.3 Å². The summed E-state index contributed by atoms with van der Waals surface area (Å²) in [6.07, 6.45) is 0.722. The number of aliphatic hydroxyl groups is 1. The van der Waals surface area contributed by atoms with Crippen LogP contribution >= 0.6 is 27.3 Å². The molecule has 0 aromatic carbocycles. The first-order chi connectivity index (χ1) is 9.13. The Kier molecular flexibility index (Phi) is 4.27. The van der Waals surface area contributed by atoms with Crippen molar-refractivity contribution in [2.75, 3.05) is 13.1 Å². The minimum absolute atomic E-state index is 0.0264. The van der Waals surface area contributed by atoms with Crippen molar-refractivity contribution in [3.05, 3.63) is 14.7 Å². The van der Waals surface area contributed by atoms with Crippen molar-refractivity contribution in [3.63, 3.8) is 0 Å². The quantitative estimate of drug-likeness (QED) is 0.828. The van der Waals surface area contributed by atoms with Crippen molar-refractivity contribution in [1.29, 1.82) is 0 Å². The second-order valence-electron chi connectivity index (χ2n) is 4.95. The molecule has 0 atom stereocenters. The van der Waals surface area contributed by atoms with Gasteiger partial charge in [-0.15, -0.1) is 11.3 Å². The smallest absolute Gasteiger partial charge is 0.345 e. The van der Waals surface area contributed by atoms with Crippen LogP contribution in [0.3, 0.4) is 0 Å². The molecule has 1 aromatic heterocycles. The summed E-state index contributed by atoms with van der Waals surface area (Å²) < 4.78 is 26.5. The molecule has 2 rings (SSSR count). The van der Waals surface area contributed by atoms with Gasteiger partial charge in [-0.1, -0.05) is 0 Å². The molecule has 1 aliphatic heterocycles. The second kappa shape index (κ2) is 5.38. The van der Waals surface area contributed by atoms with E-state index in [0.29, 0.717) is 12.8 Å². The number of hydrogen-bond acceptors (Lipinski definition) is 5. The molecular formula is C11H14BrNO5S2. The maximum atomic E-state index is 12.5. The van der Waals surface area contributed by atoms with Gasteiger partial charge in [-0.05, 0) is 41.8 Å². The first kappa shape index (κ1) is 15.9. The molecule has 0 aliphatic carbocycles. The number of thiophene rings is 1. The highest BCUT2D eigenvalue weighted by molar-refractivity contribution is 9.11. The van der Waals surface area contributed by atoms with E-state index in [9.17, 15) is 18.3 Å². The van der Waals surface area contributed by atoms with Gasteiger partial charge in [-0.25, -0.2) is 13.2 Å². The fourth-order valence-electron chi connectivity index (χ4n) is 1.98. The van der Waals surface area contributed by atoms with E-state index < -0.39 is 21.6 Å². The standard InChI is InChI=1S/C11H14BrNO5S2/c1-11(16)2-4-13(5-3-11)20(17,18)8-6-7(10(14)15)19-9(8)12/h6,16H,2-5H2,1H3,(H,14,15). The molecule has 1 saturated heterocycles. The molecule has 6 nitrogen and oxygen atoms in total. The fourth-order valence-corrected chi connectivity index (χ4v) is 5.78. The van der Waals surface area contributed by atoms with Gasteiger partial charge < -0.3 is 10.2 Å². The third-order valence-electron chi connectivity index (χ3n) is 3.28. The lowest BCUT2D eigenvalue weighted by Gasteiger charge is -2.34. The van der Waals surface area contributed by atoms with Crippen LogP contribution in [0.4, 0.5) is 0 Å². The Morgan fingerprint density at radius 3 is 2.45 bits per heavy atom. The van der Waals surface area contributed by atoms with Crippen molar-refractivity contribution in [2.24, 2.45) is 0 Å². The van der Waals surface area contributed by atoms with Crippen LogP contribution in [-0.2, 0) is 10.0 Å². The van der Waals surface area contributed by atoms with Crippen LogP contribution in [0.1, 0.15) is 29.4 Å². The summed E-state index contributed by atoms with van der Waals surface area (Å²) in [4.78, 5) is 10.8. The fraction of sp³-hybridized carbons (Fsp3) is 0.545. The molecule has 0 saturated carbocycles. The summed E-state index contributed by atoms with van der Waals surface area (Å²) in [6.45, 7) is 2.13. The molecule has 1 aromatic rings. The summed E-state index contributed by atoms with van der Waals surface area (Å²) in [6, 6.07) is 1.17. The van der Waals surface area contributed by atoms with Crippen molar-refractivity contribution in [1.82, 2.24) is 4.31 Å². The van der Waals surface area contributed by atoms with Gasteiger partial charge in [0.15, 0.2) is 0 Å². The highest BCUT2D eigenvalue weighted by Crippen LogP contribution is 2.35. The van der Waals surface area contributed by atoms with E-state index in [0.717, 1.165) is 11.3 Å². The highest BCUT2D eigenvalue weighted by Gasteiger charge is 2.35. The number of nitrogens with zero attached hydrogens (tertiary/aromatic N) is 1. The lowest BCUT2D eigenvalue weighted by atomic mass is 9.95. The molecule has 1 fully saturated rings. The SMILES string of the molecule is CC1(O)CCN(S(=O)(=O)c2cc(C(=O)O)sc2Br)CC1. The van der Waals surface area contributed by atoms with Crippen LogP contribution in [0.2, 0.25) is 0 Å². The summed E-state index contributed by atoms with van der Waals surface area (Å²) in [5.41, 5.74) is -0.843. The predicted octanol–water partition coefficient (Wildman–Crippen LogP) is 1.74. The van der Waals surface area contributed by atoms with Crippen LogP contribution in [0, 0.1) is 0 Å². The molecule has 0 unspecified atom stereocenters. The maximum absolute atomic E-state index is 12.5. The van der Waals surface area contributed by atoms with Crippen LogP contribution in [0.15, 0.2) is 14.7 Å². The van der Waals surface area contributed by atoms with E-state index in [1.807, 2.05) is 0 Å². The van der Waals surface area contributed by atoms with Crippen LogP contribution in [-0.4, -0.2) is 47.6 Å². The Balaban J connectivity index is 2.29. The maximum Gasteiger partial charge on any atom is 0.345 e. The van der Waals surface area contributed by atoms with E-state index in [1.54, 1.807) is 6.92 Å². The van der Waals surface area contributed by atoms with Crippen LogP contribution in [0.5, 0.6) is 0 Å². The van der Waals surface area contributed by atoms with Crippen LogP contribution in [0.25, 0.3) is 0 Å². The van der Waals surface area contributed by atoms with E-state index in [2.05, 4.69) is 15.9 Å². The van der Waals surface area contributed by atoms with Gasteiger partial charge in [-0.3, -0.25) is 0 Å². The Hall–Kier alpha value is -0.480. The van der Waals surface area contributed by atoms with Gasteiger partial charge >= 0.3 is 5.97 Å².